The number of aromatic nitrogens is 5. The lowest BCUT2D eigenvalue weighted by molar-refractivity contribution is 0.262. The maximum atomic E-state index is 12.6. The lowest BCUT2D eigenvalue weighted by Gasteiger charge is -2.14. The number of amides is 2. The topological polar surface area (TPSA) is 97.6 Å². The number of hydrogen-bond acceptors (Lipinski definition) is 5. The molecule has 0 bridgehead atoms. The molecule has 144 valence electrons. The van der Waals surface area contributed by atoms with Crippen molar-refractivity contribution in [2.24, 2.45) is 0 Å². The van der Waals surface area contributed by atoms with Crippen LogP contribution in [0.4, 0.5) is 16.2 Å². The van der Waals surface area contributed by atoms with Crippen LogP contribution in [0.15, 0.2) is 55.1 Å². The summed E-state index contributed by atoms with van der Waals surface area (Å²) in [5.74, 6) is 0.840. The number of nitrogens with one attached hydrogen (secondary N) is 2. The van der Waals surface area contributed by atoms with Crippen LogP contribution in [0, 0.1) is 0 Å². The van der Waals surface area contributed by atoms with Gasteiger partial charge in [-0.05, 0) is 36.5 Å². The second-order valence-corrected chi connectivity index (χ2v) is 7.21. The zero-order valence-electron chi connectivity index (χ0n) is 15.2. The molecule has 0 radical (unpaired) electrons. The summed E-state index contributed by atoms with van der Waals surface area (Å²) >= 11 is 6.26. The van der Waals surface area contributed by atoms with Gasteiger partial charge in [0.05, 0.1) is 46.7 Å². The third kappa shape index (κ3) is 3.50. The number of hydrogen-bond donors (Lipinski definition) is 2. The molecule has 1 fully saturated rings. The smallest absolute Gasteiger partial charge is 0.306 e. The SMILES string of the molecule is O=C(Nc1cnc(-n2nccn2)c(Cl)c1)Nc1cnc2ccccc2c1C1CC1. The lowest BCUT2D eigenvalue weighted by atomic mass is 10.0. The van der Waals surface area contributed by atoms with Gasteiger partial charge in [-0.25, -0.2) is 9.78 Å². The largest absolute Gasteiger partial charge is 0.323 e. The normalized spacial score (nSPS) is 13.4. The van der Waals surface area contributed by atoms with Crippen LogP contribution in [0.2, 0.25) is 5.02 Å². The van der Waals surface area contributed by atoms with Crippen LogP contribution in [0.5, 0.6) is 0 Å². The molecule has 1 aromatic carbocycles. The van der Waals surface area contributed by atoms with Gasteiger partial charge in [-0.1, -0.05) is 29.8 Å². The maximum absolute atomic E-state index is 12.6. The van der Waals surface area contributed by atoms with Crippen molar-refractivity contribution >= 4 is 39.9 Å². The maximum Gasteiger partial charge on any atom is 0.323 e. The predicted octanol–water partition coefficient (Wildman–Crippen LogP) is 4.39. The number of para-hydroxylation sites is 1. The monoisotopic (exact) mass is 405 g/mol. The Balaban J connectivity index is 1.37. The number of benzene rings is 1. The Kier molecular flexibility index (Phi) is 4.33. The quantitative estimate of drug-likeness (QED) is 0.525. The molecule has 2 N–H and O–H groups in total. The van der Waals surface area contributed by atoms with Crippen LogP contribution in [-0.2, 0) is 0 Å². The van der Waals surface area contributed by atoms with E-state index in [1.165, 1.54) is 23.4 Å². The number of rotatable bonds is 4. The van der Waals surface area contributed by atoms with E-state index in [2.05, 4.69) is 30.8 Å². The summed E-state index contributed by atoms with van der Waals surface area (Å²) in [6.07, 6.45) is 8.52. The third-order valence-corrected chi connectivity index (χ3v) is 5.02. The number of pyridine rings is 2. The summed E-state index contributed by atoms with van der Waals surface area (Å²) in [6.45, 7) is 0. The van der Waals surface area contributed by atoms with E-state index in [4.69, 9.17) is 11.6 Å². The van der Waals surface area contributed by atoms with E-state index in [1.807, 2.05) is 24.3 Å². The molecule has 0 unspecified atom stereocenters. The van der Waals surface area contributed by atoms with Crippen LogP contribution in [0.25, 0.3) is 16.7 Å². The Morgan fingerprint density at radius 2 is 1.86 bits per heavy atom. The molecule has 4 aromatic rings. The van der Waals surface area contributed by atoms with Gasteiger partial charge in [-0.15, -0.1) is 4.80 Å². The van der Waals surface area contributed by atoms with Crippen molar-refractivity contribution in [1.82, 2.24) is 25.0 Å². The summed E-state index contributed by atoms with van der Waals surface area (Å²) in [6, 6.07) is 9.20. The van der Waals surface area contributed by atoms with Gasteiger partial charge in [0.15, 0.2) is 5.82 Å². The van der Waals surface area contributed by atoms with E-state index < -0.39 is 0 Å². The second kappa shape index (κ2) is 7.14. The van der Waals surface area contributed by atoms with Crippen molar-refractivity contribution < 1.29 is 4.79 Å². The molecule has 0 aliphatic heterocycles. The minimum absolute atomic E-state index is 0.324. The molecule has 3 aromatic heterocycles. The van der Waals surface area contributed by atoms with Gasteiger partial charge in [0.25, 0.3) is 0 Å². The zero-order chi connectivity index (χ0) is 19.8. The van der Waals surface area contributed by atoms with Gasteiger partial charge in [-0.2, -0.15) is 10.2 Å². The molecule has 8 nitrogen and oxygen atoms in total. The molecule has 0 saturated heterocycles. The van der Waals surface area contributed by atoms with Gasteiger partial charge >= 0.3 is 6.03 Å². The molecule has 5 rings (SSSR count). The molecular formula is C20H16ClN7O. The first-order chi connectivity index (χ1) is 14.2. The number of anilines is 2. The van der Waals surface area contributed by atoms with Crippen LogP contribution in [0.3, 0.4) is 0 Å². The van der Waals surface area contributed by atoms with Gasteiger partial charge < -0.3 is 10.6 Å². The highest BCUT2D eigenvalue weighted by Gasteiger charge is 2.29. The van der Waals surface area contributed by atoms with Crippen LogP contribution < -0.4 is 10.6 Å². The molecule has 1 saturated carbocycles. The van der Waals surface area contributed by atoms with Crippen LogP contribution in [-0.4, -0.2) is 31.0 Å². The van der Waals surface area contributed by atoms with E-state index in [0.717, 1.165) is 35.0 Å². The van der Waals surface area contributed by atoms with E-state index in [0.29, 0.717) is 22.4 Å². The first-order valence-corrected chi connectivity index (χ1v) is 9.55. The van der Waals surface area contributed by atoms with Crippen molar-refractivity contribution in [3.63, 3.8) is 0 Å². The first kappa shape index (κ1) is 17.6. The van der Waals surface area contributed by atoms with Crippen LogP contribution in [0.1, 0.15) is 24.3 Å². The molecule has 1 aliphatic rings. The molecule has 2 amide bonds. The Hall–Kier alpha value is -3.52. The Labute approximate surface area is 170 Å². The highest BCUT2D eigenvalue weighted by atomic mass is 35.5. The number of nitrogens with zero attached hydrogens (tertiary/aromatic N) is 5. The minimum Gasteiger partial charge on any atom is -0.306 e. The van der Waals surface area contributed by atoms with Crippen molar-refractivity contribution in [3.05, 3.63) is 65.7 Å². The zero-order valence-corrected chi connectivity index (χ0v) is 16.0. The number of carbonyl (C=O) groups excluding carboxylic acids is 1. The summed E-state index contributed by atoms with van der Waals surface area (Å²) in [7, 11) is 0. The molecular weight excluding hydrogens is 390 g/mol. The van der Waals surface area contributed by atoms with Gasteiger partial charge in [0.2, 0.25) is 0 Å². The van der Waals surface area contributed by atoms with Crippen LogP contribution >= 0.6 is 11.6 Å². The predicted molar refractivity (Wildman–Crippen MR) is 111 cm³/mol. The van der Waals surface area contributed by atoms with E-state index >= 15 is 0 Å². The number of halogens is 1. The van der Waals surface area contributed by atoms with Crippen molar-refractivity contribution in [2.75, 3.05) is 10.6 Å². The van der Waals surface area contributed by atoms with Gasteiger partial charge in [0.1, 0.15) is 0 Å². The fourth-order valence-electron chi connectivity index (χ4n) is 3.33. The fraction of sp³-hybridized carbons (Fsp3) is 0.150. The summed E-state index contributed by atoms with van der Waals surface area (Å²) in [5, 5.41) is 15.1. The first-order valence-electron chi connectivity index (χ1n) is 9.17. The number of urea groups is 1. The molecule has 1 aliphatic carbocycles. The molecule has 0 spiro atoms. The number of carbonyl (C=O) groups is 1. The fourth-order valence-corrected chi connectivity index (χ4v) is 3.57. The summed E-state index contributed by atoms with van der Waals surface area (Å²) in [4.78, 5) is 22.6. The highest BCUT2D eigenvalue weighted by Crippen LogP contribution is 2.46. The van der Waals surface area contributed by atoms with E-state index in [9.17, 15) is 4.79 Å². The summed E-state index contributed by atoms with van der Waals surface area (Å²) < 4.78 is 0. The van der Waals surface area contributed by atoms with Gasteiger partial charge in [-0.3, -0.25) is 4.98 Å². The molecule has 29 heavy (non-hydrogen) atoms. The average molecular weight is 406 g/mol. The Bertz CT molecular complexity index is 1200. The minimum atomic E-state index is -0.383. The molecule has 0 atom stereocenters. The van der Waals surface area contributed by atoms with Crippen molar-refractivity contribution in [2.45, 2.75) is 18.8 Å². The van der Waals surface area contributed by atoms with Crippen molar-refractivity contribution in [1.29, 1.82) is 0 Å². The highest BCUT2D eigenvalue weighted by molar-refractivity contribution is 6.32. The standard InChI is InChI=1S/C20H16ClN7O/c21-15-9-13(10-23-19(15)28-24-7-8-25-28)26-20(29)27-17-11-22-16-4-2-1-3-14(16)18(17)12-5-6-12/h1-4,7-12H,5-6H2,(H2,26,27,29). The van der Waals surface area contributed by atoms with Crippen molar-refractivity contribution in [3.8, 4) is 5.82 Å². The summed E-state index contributed by atoms with van der Waals surface area (Å²) in [5.41, 5.74) is 3.26. The number of fused-ring (bicyclic) bond motifs is 1. The third-order valence-electron chi connectivity index (χ3n) is 4.74. The van der Waals surface area contributed by atoms with E-state index in [1.54, 1.807) is 12.3 Å². The molecule has 9 heteroatoms. The lowest BCUT2D eigenvalue weighted by Crippen LogP contribution is -2.20. The Morgan fingerprint density at radius 1 is 1.07 bits per heavy atom. The van der Waals surface area contributed by atoms with Gasteiger partial charge in [0, 0.05) is 5.39 Å². The second-order valence-electron chi connectivity index (χ2n) is 6.80. The Morgan fingerprint density at radius 3 is 2.62 bits per heavy atom. The average Bonchev–Trinajstić information content (AvgIpc) is 3.41. The van der Waals surface area contributed by atoms with E-state index in [-0.39, 0.29) is 6.03 Å². The molecule has 3 heterocycles.